The Bertz CT molecular complexity index is 531. The third-order valence-electron chi connectivity index (χ3n) is 3.81. The maximum absolute atomic E-state index is 12.5. The number of hydrogen-bond donors (Lipinski definition) is 0. The van der Waals surface area contributed by atoms with Crippen molar-refractivity contribution in [3.8, 4) is 0 Å². The quantitative estimate of drug-likeness (QED) is 0.715. The minimum absolute atomic E-state index is 0.00995. The lowest BCUT2D eigenvalue weighted by molar-refractivity contribution is -0.139. The molecule has 0 saturated heterocycles. The molecule has 1 heterocycles. The van der Waals surface area contributed by atoms with E-state index in [9.17, 15) is 9.59 Å². The summed E-state index contributed by atoms with van der Waals surface area (Å²) in [5.74, 6) is -0.0892. The van der Waals surface area contributed by atoms with E-state index in [1.54, 1.807) is 6.08 Å². The summed E-state index contributed by atoms with van der Waals surface area (Å²) in [5.41, 5.74) is 1.10. The molecule has 0 bridgehead atoms. The number of amides is 2. The fraction of sp³-hybridized carbons (Fsp3) is 0.500. The molecule has 1 fully saturated rings. The molecule has 0 unspecified atom stereocenters. The molecule has 1 aliphatic rings. The average Bonchev–Trinajstić information content (AvgIpc) is 3.19. The Hall–Kier alpha value is -2.04. The zero-order chi connectivity index (χ0) is 15.4. The summed E-state index contributed by atoms with van der Waals surface area (Å²) >= 11 is 0. The smallest absolute Gasteiger partial charge is 0.242 e. The molecule has 2 amide bonds. The minimum Gasteiger partial charge on any atom is -0.353 e. The van der Waals surface area contributed by atoms with Gasteiger partial charge in [-0.15, -0.1) is 6.58 Å². The van der Waals surface area contributed by atoms with Crippen LogP contribution in [0.15, 0.2) is 31.0 Å². The van der Waals surface area contributed by atoms with Gasteiger partial charge in [-0.3, -0.25) is 9.59 Å². The molecular formula is C16H23N3O2. The highest BCUT2D eigenvalue weighted by molar-refractivity contribution is 5.84. The lowest BCUT2D eigenvalue weighted by Gasteiger charge is -2.26. The second-order valence-corrected chi connectivity index (χ2v) is 5.55. The first-order valence-electron chi connectivity index (χ1n) is 7.29. The molecule has 0 radical (unpaired) electrons. The Balaban J connectivity index is 2.04. The average molecular weight is 289 g/mol. The molecule has 21 heavy (non-hydrogen) atoms. The van der Waals surface area contributed by atoms with Gasteiger partial charge in [0.15, 0.2) is 0 Å². The molecule has 0 N–H and O–H groups in total. The number of carbonyl (C=O) groups excluding carboxylic acids is 2. The fourth-order valence-electron chi connectivity index (χ4n) is 2.36. The molecule has 5 nitrogen and oxygen atoms in total. The van der Waals surface area contributed by atoms with Crippen LogP contribution in [-0.4, -0.2) is 45.3 Å². The molecule has 1 saturated carbocycles. The maximum Gasteiger partial charge on any atom is 0.242 e. The van der Waals surface area contributed by atoms with E-state index in [0.717, 1.165) is 18.5 Å². The zero-order valence-electron chi connectivity index (χ0n) is 12.8. The largest absolute Gasteiger partial charge is 0.353 e. The van der Waals surface area contributed by atoms with E-state index in [4.69, 9.17) is 0 Å². The Morgan fingerprint density at radius 2 is 2.19 bits per heavy atom. The van der Waals surface area contributed by atoms with Crippen molar-refractivity contribution in [2.45, 2.75) is 32.4 Å². The summed E-state index contributed by atoms with van der Waals surface area (Å²) < 4.78 is 2.02. The molecule has 2 rings (SSSR count). The van der Waals surface area contributed by atoms with E-state index < -0.39 is 0 Å². The zero-order valence-corrected chi connectivity index (χ0v) is 12.8. The Kier molecular flexibility index (Phi) is 4.83. The first kappa shape index (κ1) is 15.4. The van der Waals surface area contributed by atoms with Gasteiger partial charge in [0.1, 0.15) is 6.54 Å². The number of rotatable bonds is 7. The van der Waals surface area contributed by atoms with Crippen molar-refractivity contribution in [2.24, 2.45) is 7.05 Å². The van der Waals surface area contributed by atoms with Gasteiger partial charge in [0.25, 0.3) is 0 Å². The second-order valence-electron chi connectivity index (χ2n) is 5.55. The van der Waals surface area contributed by atoms with E-state index >= 15 is 0 Å². The van der Waals surface area contributed by atoms with Crippen LogP contribution in [0.25, 0.3) is 0 Å². The highest BCUT2D eigenvalue weighted by atomic mass is 16.2. The van der Waals surface area contributed by atoms with Gasteiger partial charge in [-0.2, -0.15) is 0 Å². The third-order valence-corrected chi connectivity index (χ3v) is 3.81. The predicted octanol–water partition coefficient (Wildman–Crippen LogP) is 1.55. The number of aryl methyl sites for hydroxylation is 1. The lowest BCUT2D eigenvalue weighted by Crippen LogP contribution is -2.43. The van der Waals surface area contributed by atoms with Crippen LogP contribution < -0.4 is 0 Å². The van der Waals surface area contributed by atoms with Gasteiger partial charge >= 0.3 is 0 Å². The molecule has 5 heteroatoms. The van der Waals surface area contributed by atoms with Crippen molar-refractivity contribution in [2.75, 3.05) is 13.1 Å². The van der Waals surface area contributed by atoms with Crippen LogP contribution in [0, 0.1) is 0 Å². The van der Waals surface area contributed by atoms with Gasteiger partial charge in [0.2, 0.25) is 11.8 Å². The van der Waals surface area contributed by atoms with Crippen LogP contribution in [0.1, 0.15) is 25.5 Å². The molecule has 0 aliphatic heterocycles. The van der Waals surface area contributed by atoms with Crippen LogP contribution in [0.3, 0.4) is 0 Å². The van der Waals surface area contributed by atoms with Crippen molar-refractivity contribution in [1.82, 2.24) is 14.4 Å². The minimum atomic E-state index is -0.0992. The van der Waals surface area contributed by atoms with Gasteiger partial charge in [-0.1, -0.05) is 6.08 Å². The Morgan fingerprint density at radius 3 is 2.67 bits per heavy atom. The molecule has 1 aromatic heterocycles. The second kappa shape index (κ2) is 6.61. The van der Waals surface area contributed by atoms with E-state index in [-0.39, 0.29) is 18.4 Å². The summed E-state index contributed by atoms with van der Waals surface area (Å²) in [6.07, 6.45) is 5.73. The SMILES string of the molecule is C=CCN(CC(=O)N(Cc1cccn1C)C1CC1)C(C)=O. The van der Waals surface area contributed by atoms with Crippen LogP contribution in [0.2, 0.25) is 0 Å². The molecule has 1 aromatic rings. The number of nitrogens with zero attached hydrogens (tertiary/aromatic N) is 3. The van der Waals surface area contributed by atoms with Crippen LogP contribution in [-0.2, 0) is 23.2 Å². The molecular weight excluding hydrogens is 266 g/mol. The van der Waals surface area contributed by atoms with Crippen molar-refractivity contribution in [3.05, 3.63) is 36.7 Å². The topological polar surface area (TPSA) is 45.6 Å². The number of aromatic nitrogens is 1. The first-order valence-corrected chi connectivity index (χ1v) is 7.29. The highest BCUT2D eigenvalue weighted by Gasteiger charge is 2.33. The molecule has 0 spiro atoms. The highest BCUT2D eigenvalue weighted by Crippen LogP contribution is 2.28. The van der Waals surface area contributed by atoms with Gasteiger partial charge in [0, 0.05) is 38.4 Å². The summed E-state index contributed by atoms with van der Waals surface area (Å²) in [5, 5.41) is 0. The predicted molar refractivity (Wildman–Crippen MR) is 81.4 cm³/mol. The van der Waals surface area contributed by atoms with E-state index in [1.807, 2.05) is 34.8 Å². The van der Waals surface area contributed by atoms with Crippen molar-refractivity contribution in [1.29, 1.82) is 0 Å². The first-order chi connectivity index (χ1) is 10.0. The Labute approximate surface area is 125 Å². The number of hydrogen-bond acceptors (Lipinski definition) is 2. The fourth-order valence-corrected chi connectivity index (χ4v) is 2.36. The molecule has 0 atom stereocenters. The lowest BCUT2D eigenvalue weighted by atomic mass is 10.3. The standard InChI is InChI=1S/C16H23N3O2/c1-4-9-18(13(2)20)12-16(21)19(14-7-8-14)11-15-6-5-10-17(15)3/h4-6,10,14H,1,7-9,11-12H2,2-3H3. The van der Waals surface area contributed by atoms with E-state index in [2.05, 4.69) is 6.58 Å². The summed E-state index contributed by atoms with van der Waals surface area (Å²) in [7, 11) is 1.98. The van der Waals surface area contributed by atoms with Gasteiger partial charge < -0.3 is 14.4 Å². The van der Waals surface area contributed by atoms with Crippen molar-refractivity contribution < 1.29 is 9.59 Å². The Morgan fingerprint density at radius 1 is 1.48 bits per heavy atom. The van der Waals surface area contributed by atoms with Gasteiger partial charge in [0.05, 0.1) is 6.54 Å². The van der Waals surface area contributed by atoms with E-state index in [1.165, 1.54) is 11.8 Å². The molecule has 1 aliphatic carbocycles. The van der Waals surface area contributed by atoms with Crippen LogP contribution in [0.4, 0.5) is 0 Å². The molecule has 114 valence electrons. The van der Waals surface area contributed by atoms with Gasteiger partial charge in [-0.05, 0) is 25.0 Å². The van der Waals surface area contributed by atoms with Crippen molar-refractivity contribution in [3.63, 3.8) is 0 Å². The van der Waals surface area contributed by atoms with E-state index in [0.29, 0.717) is 19.1 Å². The normalized spacial score (nSPS) is 13.8. The maximum atomic E-state index is 12.5. The summed E-state index contributed by atoms with van der Waals surface area (Å²) in [6, 6.07) is 4.32. The summed E-state index contributed by atoms with van der Waals surface area (Å²) in [6.45, 7) is 6.25. The third kappa shape index (κ3) is 3.97. The monoisotopic (exact) mass is 289 g/mol. The summed E-state index contributed by atoms with van der Waals surface area (Å²) in [4.78, 5) is 27.5. The van der Waals surface area contributed by atoms with Crippen LogP contribution in [0.5, 0.6) is 0 Å². The number of carbonyl (C=O) groups is 2. The van der Waals surface area contributed by atoms with Crippen LogP contribution >= 0.6 is 0 Å². The van der Waals surface area contributed by atoms with Crippen molar-refractivity contribution >= 4 is 11.8 Å². The molecule has 0 aromatic carbocycles. The van der Waals surface area contributed by atoms with Gasteiger partial charge in [-0.25, -0.2) is 0 Å².